The van der Waals surface area contributed by atoms with Gasteiger partial charge in [0.15, 0.2) is 0 Å². The van der Waals surface area contributed by atoms with E-state index < -0.39 is 0 Å². The van der Waals surface area contributed by atoms with Gasteiger partial charge in [-0.05, 0) is 43.9 Å². The fraction of sp³-hybridized carbons (Fsp3) is 0.773. The second-order valence-corrected chi connectivity index (χ2v) is 8.75. The van der Waals surface area contributed by atoms with Crippen LogP contribution in [0, 0.1) is 23.7 Å². The Labute approximate surface area is 175 Å². The molecule has 1 saturated heterocycles. The lowest BCUT2D eigenvalue weighted by atomic mass is 9.69. The first-order valence-electron chi connectivity index (χ1n) is 11.0. The van der Waals surface area contributed by atoms with Gasteiger partial charge in [0.05, 0.1) is 0 Å². The van der Waals surface area contributed by atoms with Crippen LogP contribution in [0.2, 0.25) is 0 Å². The smallest absolute Gasteiger partial charge is 0.314 e. The van der Waals surface area contributed by atoms with Crippen molar-refractivity contribution in [1.29, 1.82) is 0 Å². The molecule has 4 amide bonds. The molecule has 0 saturated carbocycles. The molecule has 7 heteroatoms. The van der Waals surface area contributed by atoms with E-state index in [0.29, 0.717) is 63.4 Å². The summed E-state index contributed by atoms with van der Waals surface area (Å²) >= 11 is 0. The maximum absolute atomic E-state index is 12.9. The van der Waals surface area contributed by atoms with Gasteiger partial charge in [0.2, 0.25) is 11.8 Å². The van der Waals surface area contributed by atoms with Crippen LogP contribution < -0.4 is 10.6 Å². The molecule has 0 spiro atoms. The molecule has 2 rings (SSSR count). The summed E-state index contributed by atoms with van der Waals surface area (Å²) in [4.78, 5) is 39.8. The number of hydrogen-bond donors (Lipinski definition) is 2. The van der Waals surface area contributed by atoms with Crippen molar-refractivity contribution in [3.8, 4) is 0 Å². The Morgan fingerprint density at radius 1 is 1.10 bits per heavy atom. The normalized spacial score (nSPS) is 24.9. The van der Waals surface area contributed by atoms with E-state index in [1.54, 1.807) is 11.8 Å². The minimum Gasteiger partial charge on any atom is -0.339 e. The summed E-state index contributed by atoms with van der Waals surface area (Å²) in [5, 5.41) is 5.75. The number of rotatable bonds is 6. The molecule has 1 aliphatic heterocycles. The minimum absolute atomic E-state index is 0.0789. The summed E-state index contributed by atoms with van der Waals surface area (Å²) in [7, 11) is 0. The highest BCUT2D eigenvalue weighted by Crippen LogP contribution is 2.39. The molecule has 0 bridgehead atoms. The highest BCUT2D eigenvalue weighted by molar-refractivity contribution is 5.78. The third kappa shape index (κ3) is 6.47. The zero-order valence-electron chi connectivity index (χ0n) is 18.7. The van der Waals surface area contributed by atoms with E-state index in [1.165, 1.54) is 5.57 Å². The average molecular weight is 407 g/mol. The lowest BCUT2D eigenvalue weighted by Gasteiger charge is -2.39. The van der Waals surface area contributed by atoms with Gasteiger partial charge in [-0.1, -0.05) is 25.5 Å². The number of nitrogens with zero attached hydrogens (tertiary/aromatic N) is 2. The number of hydrogen-bond acceptors (Lipinski definition) is 3. The average Bonchev–Trinajstić information content (AvgIpc) is 2.68. The van der Waals surface area contributed by atoms with Crippen LogP contribution in [0.15, 0.2) is 11.6 Å². The standard InChI is InChI=1S/C22H38N4O3/c1-6-23-22(29)24-14-19-11-16(4)18(12-20(19)15(2)3)13-21(28)26-9-7-25(8-10-26)17(5)27/h11,15,18-20H,6-10,12-14H2,1-5H3,(H2,23,24,29)/t18-,19-,20-/m0/s1. The van der Waals surface area contributed by atoms with Crippen LogP contribution in [0.4, 0.5) is 4.79 Å². The molecule has 0 aromatic heterocycles. The van der Waals surface area contributed by atoms with Gasteiger partial charge in [0.1, 0.15) is 0 Å². The van der Waals surface area contributed by atoms with Crippen LogP contribution >= 0.6 is 0 Å². The molecule has 3 atom stereocenters. The molecule has 0 aromatic carbocycles. The van der Waals surface area contributed by atoms with Gasteiger partial charge in [-0.3, -0.25) is 9.59 Å². The molecule has 7 nitrogen and oxygen atoms in total. The van der Waals surface area contributed by atoms with Crippen LogP contribution in [0.3, 0.4) is 0 Å². The number of carbonyl (C=O) groups excluding carboxylic acids is 3. The third-order valence-electron chi connectivity index (χ3n) is 6.42. The van der Waals surface area contributed by atoms with Gasteiger partial charge in [-0.2, -0.15) is 0 Å². The monoisotopic (exact) mass is 406 g/mol. The van der Waals surface area contributed by atoms with E-state index in [1.807, 2.05) is 11.8 Å². The van der Waals surface area contributed by atoms with Gasteiger partial charge in [0.25, 0.3) is 0 Å². The van der Waals surface area contributed by atoms with Gasteiger partial charge in [-0.15, -0.1) is 0 Å². The molecule has 0 aromatic rings. The van der Waals surface area contributed by atoms with Crippen LogP contribution in [0.25, 0.3) is 0 Å². The molecule has 2 N–H and O–H groups in total. The first-order chi connectivity index (χ1) is 13.7. The van der Waals surface area contributed by atoms with Crippen molar-refractivity contribution in [3.63, 3.8) is 0 Å². The van der Waals surface area contributed by atoms with E-state index in [9.17, 15) is 14.4 Å². The summed E-state index contributed by atoms with van der Waals surface area (Å²) in [6, 6.07) is -0.122. The Hall–Kier alpha value is -2.05. The topological polar surface area (TPSA) is 81.8 Å². The van der Waals surface area contributed by atoms with E-state index in [0.717, 1.165) is 6.42 Å². The van der Waals surface area contributed by atoms with Gasteiger partial charge < -0.3 is 20.4 Å². The number of amides is 4. The van der Waals surface area contributed by atoms with Crippen molar-refractivity contribution >= 4 is 17.8 Å². The fourth-order valence-electron chi connectivity index (χ4n) is 4.55. The SMILES string of the molecule is CCNC(=O)NC[C@@H]1C=C(C)[C@H](CC(=O)N2CCN(C(C)=O)CC2)C[C@H]1C(C)C. The predicted octanol–water partition coefficient (Wildman–Crippen LogP) is 2.24. The molecule has 1 heterocycles. The Balaban J connectivity index is 1.96. The van der Waals surface area contributed by atoms with Crippen molar-refractivity contribution in [1.82, 2.24) is 20.4 Å². The van der Waals surface area contributed by atoms with Crippen molar-refractivity contribution < 1.29 is 14.4 Å². The molecule has 2 aliphatic rings. The number of nitrogens with one attached hydrogen (secondary N) is 2. The highest BCUT2D eigenvalue weighted by Gasteiger charge is 2.34. The molecule has 164 valence electrons. The number of piperazine rings is 1. The molecule has 0 unspecified atom stereocenters. The lowest BCUT2D eigenvalue weighted by Crippen LogP contribution is -2.50. The quantitative estimate of drug-likeness (QED) is 0.664. The summed E-state index contributed by atoms with van der Waals surface area (Å²) in [5.41, 5.74) is 1.25. The van der Waals surface area contributed by atoms with E-state index in [-0.39, 0.29) is 23.8 Å². The van der Waals surface area contributed by atoms with Gasteiger partial charge in [-0.25, -0.2) is 4.79 Å². The predicted molar refractivity (Wildman–Crippen MR) is 114 cm³/mol. The molecule has 1 fully saturated rings. The van der Waals surface area contributed by atoms with E-state index in [4.69, 9.17) is 0 Å². The maximum atomic E-state index is 12.9. The van der Waals surface area contributed by atoms with Crippen molar-refractivity contribution in [2.75, 3.05) is 39.3 Å². The Morgan fingerprint density at radius 3 is 2.28 bits per heavy atom. The largest absolute Gasteiger partial charge is 0.339 e. The second kappa shape index (κ2) is 10.6. The van der Waals surface area contributed by atoms with E-state index >= 15 is 0 Å². The Morgan fingerprint density at radius 2 is 1.72 bits per heavy atom. The highest BCUT2D eigenvalue weighted by atomic mass is 16.2. The lowest BCUT2D eigenvalue weighted by molar-refractivity contribution is -0.139. The van der Waals surface area contributed by atoms with Crippen LogP contribution in [0.5, 0.6) is 0 Å². The molecular formula is C22H38N4O3. The zero-order valence-corrected chi connectivity index (χ0v) is 18.7. The molecular weight excluding hydrogens is 368 g/mol. The van der Waals surface area contributed by atoms with Crippen molar-refractivity contribution in [3.05, 3.63) is 11.6 Å². The summed E-state index contributed by atoms with van der Waals surface area (Å²) < 4.78 is 0. The van der Waals surface area contributed by atoms with Crippen LogP contribution in [-0.4, -0.2) is 66.9 Å². The molecule has 1 aliphatic carbocycles. The van der Waals surface area contributed by atoms with Crippen LogP contribution in [-0.2, 0) is 9.59 Å². The fourth-order valence-corrected chi connectivity index (χ4v) is 4.55. The number of urea groups is 1. The van der Waals surface area contributed by atoms with Crippen LogP contribution in [0.1, 0.15) is 47.5 Å². The molecule has 0 radical (unpaired) electrons. The zero-order chi connectivity index (χ0) is 21.6. The van der Waals surface area contributed by atoms with Gasteiger partial charge in [0, 0.05) is 52.6 Å². The summed E-state index contributed by atoms with van der Waals surface area (Å²) in [5.74, 6) is 1.73. The Kier molecular flexibility index (Phi) is 8.53. The van der Waals surface area contributed by atoms with Crippen molar-refractivity contribution in [2.24, 2.45) is 23.7 Å². The summed E-state index contributed by atoms with van der Waals surface area (Å²) in [6.07, 6.45) is 3.77. The maximum Gasteiger partial charge on any atom is 0.314 e. The minimum atomic E-state index is -0.122. The number of carbonyl (C=O) groups is 3. The van der Waals surface area contributed by atoms with Gasteiger partial charge >= 0.3 is 6.03 Å². The van der Waals surface area contributed by atoms with Crippen molar-refractivity contribution in [2.45, 2.75) is 47.5 Å². The number of allylic oxidation sites excluding steroid dienone is 1. The van der Waals surface area contributed by atoms with E-state index in [2.05, 4.69) is 37.5 Å². The first-order valence-corrected chi connectivity index (χ1v) is 11.0. The third-order valence-corrected chi connectivity index (χ3v) is 6.42. The molecule has 29 heavy (non-hydrogen) atoms. The summed E-state index contributed by atoms with van der Waals surface area (Å²) in [6.45, 7) is 13.8. The Bertz CT molecular complexity index is 624. The first kappa shape index (κ1) is 23.2. The second-order valence-electron chi connectivity index (χ2n) is 8.75.